The minimum absolute atomic E-state index is 0.416. The first-order chi connectivity index (χ1) is 19.5. The van der Waals surface area contributed by atoms with Crippen molar-refractivity contribution in [2.45, 2.75) is 85.4 Å². The molecule has 0 radical (unpaired) electrons. The summed E-state index contributed by atoms with van der Waals surface area (Å²) in [4.78, 5) is 8.01. The lowest BCUT2D eigenvalue weighted by Crippen LogP contribution is -2.31. The number of hydrogen-bond acceptors (Lipinski definition) is 3. The summed E-state index contributed by atoms with van der Waals surface area (Å²) in [7, 11) is 0. The van der Waals surface area contributed by atoms with Crippen molar-refractivity contribution in [1.82, 2.24) is 14.5 Å². The summed E-state index contributed by atoms with van der Waals surface area (Å²) < 4.78 is 2.50. The number of aryl methyl sites for hydroxylation is 2. The third-order valence-electron chi connectivity index (χ3n) is 8.46. The summed E-state index contributed by atoms with van der Waals surface area (Å²) in [6.45, 7) is 10.1. The fraction of sp³-hybridized carbons (Fsp3) is 0.417. The van der Waals surface area contributed by atoms with E-state index >= 15 is 0 Å². The first kappa shape index (κ1) is 28.2. The highest BCUT2D eigenvalue weighted by Crippen LogP contribution is 2.33. The Morgan fingerprint density at radius 3 is 2.10 bits per heavy atom. The molecule has 1 fully saturated rings. The van der Waals surface area contributed by atoms with E-state index in [1.54, 1.807) is 0 Å². The van der Waals surface area contributed by atoms with Crippen molar-refractivity contribution in [2.75, 3.05) is 6.54 Å². The van der Waals surface area contributed by atoms with E-state index in [2.05, 4.69) is 89.2 Å². The monoisotopic (exact) mass is 535 g/mol. The number of phenols is 1. The fourth-order valence-corrected chi connectivity index (χ4v) is 6.37. The molecule has 0 amide bonds. The molecule has 0 spiro atoms. The summed E-state index contributed by atoms with van der Waals surface area (Å²) >= 11 is 0. The van der Waals surface area contributed by atoms with Gasteiger partial charge >= 0.3 is 0 Å². The van der Waals surface area contributed by atoms with Crippen LogP contribution >= 0.6 is 0 Å². The van der Waals surface area contributed by atoms with E-state index in [4.69, 9.17) is 4.98 Å². The molecule has 4 aromatic rings. The molecule has 1 saturated carbocycles. The smallest absolute Gasteiger partial charge is 0.140 e. The van der Waals surface area contributed by atoms with Crippen molar-refractivity contribution < 1.29 is 5.11 Å². The van der Waals surface area contributed by atoms with Crippen LogP contribution in [0.5, 0.6) is 5.75 Å². The van der Waals surface area contributed by atoms with Crippen LogP contribution in [0.3, 0.4) is 0 Å². The molecule has 1 aliphatic rings. The minimum Gasteiger partial charge on any atom is -0.507 e. The molecule has 40 heavy (non-hydrogen) atoms. The SMILES string of the molecule is CCCCn1c(-c2ccccc2)nc(-c2ccccc2)c1CN(Cc1cc(C)c(O)c(C)c1)CC1CCCCC1. The summed E-state index contributed by atoms with van der Waals surface area (Å²) in [5, 5.41) is 10.4. The van der Waals surface area contributed by atoms with E-state index in [1.807, 2.05) is 13.8 Å². The third kappa shape index (κ3) is 6.67. The lowest BCUT2D eigenvalue weighted by molar-refractivity contribution is 0.183. The summed E-state index contributed by atoms with van der Waals surface area (Å²) in [6, 6.07) is 25.7. The van der Waals surface area contributed by atoms with Crippen LogP contribution in [0.15, 0.2) is 72.8 Å². The third-order valence-corrected chi connectivity index (χ3v) is 8.46. The normalized spacial score (nSPS) is 14.2. The van der Waals surface area contributed by atoms with Crippen molar-refractivity contribution in [1.29, 1.82) is 0 Å². The Hall–Kier alpha value is -3.37. The van der Waals surface area contributed by atoms with Crippen molar-refractivity contribution in [3.63, 3.8) is 0 Å². The second kappa shape index (κ2) is 13.3. The summed E-state index contributed by atoms with van der Waals surface area (Å²) in [6.07, 6.45) is 8.96. The molecular weight excluding hydrogens is 490 g/mol. The molecule has 4 nitrogen and oxygen atoms in total. The van der Waals surface area contributed by atoms with E-state index in [1.165, 1.54) is 54.5 Å². The molecule has 4 heteroatoms. The molecule has 0 saturated heterocycles. The van der Waals surface area contributed by atoms with Crippen molar-refractivity contribution in [3.8, 4) is 28.4 Å². The largest absolute Gasteiger partial charge is 0.507 e. The summed E-state index contributed by atoms with van der Waals surface area (Å²) in [5.41, 5.74) is 7.94. The number of phenolic OH excluding ortho intramolecular Hbond substituents is 1. The van der Waals surface area contributed by atoms with Gasteiger partial charge in [-0.2, -0.15) is 0 Å². The lowest BCUT2D eigenvalue weighted by atomic mass is 9.88. The predicted octanol–water partition coefficient (Wildman–Crippen LogP) is 8.92. The van der Waals surface area contributed by atoms with Crippen LogP contribution in [0.1, 0.15) is 74.3 Å². The Balaban J connectivity index is 1.58. The maximum atomic E-state index is 10.4. The molecule has 1 aliphatic carbocycles. The quantitative estimate of drug-likeness (QED) is 0.208. The van der Waals surface area contributed by atoms with Crippen LogP contribution < -0.4 is 0 Å². The molecule has 0 aliphatic heterocycles. The van der Waals surface area contributed by atoms with Gasteiger partial charge in [0.2, 0.25) is 0 Å². The highest BCUT2D eigenvalue weighted by atomic mass is 16.3. The standard InChI is InChI=1S/C36H45N3O/c1-4-5-21-39-33(34(31-17-11-7-12-18-31)37-36(39)32-19-13-8-14-20-32)26-38(24-29-15-9-6-10-16-29)25-30-22-27(2)35(40)28(3)23-30/h7-8,11-14,17-20,22-23,29,40H,4-6,9-10,15-16,21,24-26H2,1-3H3. The van der Waals surface area contributed by atoms with Crippen LogP contribution in [-0.4, -0.2) is 26.1 Å². The van der Waals surface area contributed by atoms with E-state index in [-0.39, 0.29) is 0 Å². The molecule has 3 aromatic carbocycles. The average molecular weight is 536 g/mol. The van der Waals surface area contributed by atoms with Crippen molar-refractivity contribution in [2.24, 2.45) is 5.92 Å². The molecule has 0 atom stereocenters. The number of rotatable bonds is 11. The highest BCUT2D eigenvalue weighted by Gasteiger charge is 2.24. The average Bonchev–Trinajstić information content (AvgIpc) is 3.34. The molecule has 0 bridgehead atoms. The zero-order valence-electron chi connectivity index (χ0n) is 24.6. The number of hydrogen-bond donors (Lipinski definition) is 1. The van der Waals surface area contributed by atoms with Gasteiger partial charge in [-0.25, -0.2) is 4.98 Å². The summed E-state index contributed by atoms with van der Waals surface area (Å²) in [5.74, 6) is 2.21. The van der Waals surface area contributed by atoms with E-state index < -0.39 is 0 Å². The molecule has 210 valence electrons. The van der Waals surface area contributed by atoms with Gasteiger partial charge in [0.25, 0.3) is 0 Å². The van der Waals surface area contributed by atoms with E-state index in [0.29, 0.717) is 5.75 Å². The van der Waals surface area contributed by atoms with Crippen molar-refractivity contribution in [3.05, 3.63) is 95.2 Å². The fourth-order valence-electron chi connectivity index (χ4n) is 6.37. The Morgan fingerprint density at radius 2 is 1.48 bits per heavy atom. The molecular formula is C36H45N3O. The van der Waals surface area contributed by atoms with Gasteiger partial charge in [-0.05, 0) is 55.7 Å². The molecule has 1 N–H and O–H groups in total. The Kier molecular flexibility index (Phi) is 9.38. The number of unbranched alkanes of at least 4 members (excludes halogenated alkanes) is 1. The molecule has 1 aromatic heterocycles. The van der Waals surface area contributed by atoms with Gasteiger partial charge in [0.05, 0.1) is 11.4 Å². The second-order valence-electron chi connectivity index (χ2n) is 11.7. The van der Waals surface area contributed by atoms with Gasteiger partial charge in [0.1, 0.15) is 11.6 Å². The van der Waals surface area contributed by atoms with Crippen molar-refractivity contribution >= 4 is 0 Å². The van der Waals surface area contributed by atoms with Gasteiger partial charge < -0.3 is 9.67 Å². The maximum absolute atomic E-state index is 10.4. The van der Waals surface area contributed by atoms with E-state index in [0.717, 1.165) is 67.6 Å². The zero-order valence-corrected chi connectivity index (χ0v) is 24.6. The van der Waals surface area contributed by atoms with Crippen LogP contribution in [0.4, 0.5) is 0 Å². The van der Waals surface area contributed by atoms with Crippen LogP contribution in [0.2, 0.25) is 0 Å². The predicted molar refractivity (Wildman–Crippen MR) is 166 cm³/mol. The van der Waals surface area contributed by atoms with Crippen LogP contribution in [0, 0.1) is 19.8 Å². The molecule has 5 rings (SSSR count). The first-order valence-corrected chi connectivity index (χ1v) is 15.2. The van der Waals surface area contributed by atoms with Gasteiger partial charge in [0, 0.05) is 37.3 Å². The van der Waals surface area contributed by atoms with Gasteiger partial charge in [-0.15, -0.1) is 0 Å². The lowest BCUT2D eigenvalue weighted by Gasteiger charge is -2.31. The minimum atomic E-state index is 0.416. The number of benzene rings is 3. The van der Waals surface area contributed by atoms with Gasteiger partial charge in [-0.3, -0.25) is 4.90 Å². The first-order valence-electron chi connectivity index (χ1n) is 15.2. The van der Waals surface area contributed by atoms with E-state index in [9.17, 15) is 5.11 Å². The topological polar surface area (TPSA) is 41.3 Å². The number of imidazole rings is 1. The second-order valence-corrected chi connectivity index (χ2v) is 11.7. The Labute approximate surface area is 240 Å². The Bertz CT molecular complexity index is 1350. The highest BCUT2D eigenvalue weighted by molar-refractivity contribution is 5.68. The van der Waals surface area contributed by atoms with Crippen LogP contribution in [-0.2, 0) is 19.6 Å². The van der Waals surface area contributed by atoms with Crippen LogP contribution in [0.25, 0.3) is 22.6 Å². The Morgan fingerprint density at radius 1 is 0.850 bits per heavy atom. The zero-order chi connectivity index (χ0) is 27.9. The maximum Gasteiger partial charge on any atom is 0.140 e. The molecule has 0 unspecified atom stereocenters. The number of aromatic nitrogens is 2. The number of nitrogens with zero attached hydrogens (tertiary/aromatic N) is 3. The van der Waals surface area contributed by atoms with Gasteiger partial charge in [0.15, 0.2) is 0 Å². The molecule has 1 heterocycles. The van der Waals surface area contributed by atoms with Gasteiger partial charge in [-0.1, -0.05) is 105 Å². The number of aromatic hydroxyl groups is 1.